The van der Waals surface area contributed by atoms with Gasteiger partial charge in [-0.2, -0.15) is 10.1 Å². The van der Waals surface area contributed by atoms with Gasteiger partial charge in [0.15, 0.2) is 0 Å². The van der Waals surface area contributed by atoms with Crippen LogP contribution in [0.15, 0.2) is 12.5 Å². The van der Waals surface area contributed by atoms with E-state index >= 15 is 0 Å². The summed E-state index contributed by atoms with van der Waals surface area (Å²) in [6, 6.07) is 0. The summed E-state index contributed by atoms with van der Waals surface area (Å²) in [7, 11) is 0. The molecule has 0 aromatic carbocycles. The average molecular weight is 291 g/mol. The standard InChI is InChI=1S/C13H17N5O3/c1-9-10(6-14-12-15-8-16-18(9)12)11(20)17-13(7-19)2-4-21-5-3-13/h6,8,19H,2-5,7H2,1H3,(H,17,20). The van der Waals surface area contributed by atoms with Crippen LogP contribution < -0.4 is 5.32 Å². The minimum atomic E-state index is -0.626. The number of ether oxygens (including phenoxy) is 1. The molecule has 8 nitrogen and oxygen atoms in total. The number of aliphatic hydroxyl groups is 1. The SMILES string of the molecule is Cc1c(C(=O)NC2(CO)CCOCC2)cnc2ncnn12. The molecule has 1 aliphatic heterocycles. The van der Waals surface area contributed by atoms with Crippen LogP contribution >= 0.6 is 0 Å². The van der Waals surface area contributed by atoms with Gasteiger partial charge in [-0.25, -0.2) is 9.50 Å². The number of amides is 1. The number of aromatic nitrogens is 4. The van der Waals surface area contributed by atoms with Crippen LogP contribution in [0.2, 0.25) is 0 Å². The van der Waals surface area contributed by atoms with Crippen molar-refractivity contribution in [3.8, 4) is 0 Å². The van der Waals surface area contributed by atoms with Crippen LogP contribution in [0.25, 0.3) is 5.78 Å². The molecule has 1 aliphatic rings. The fourth-order valence-corrected chi connectivity index (χ4v) is 2.51. The number of carbonyl (C=O) groups excluding carboxylic acids is 1. The maximum atomic E-state index is 12.5. The predicted molar refractivity (Wildman–Crippen MR) is 72.9 cm³/mol. The number of aliphatic hydroxyl groups excluding tert-OH is 1. The Hall–Kier alpha value is -2.06. The summed E-state index contributed by atoms with van der Waals surface area (Å²) in [6.07, 6.45) is 4.06. The van der Waals surface area contributed by atoms with Crippen LogP contribution in [0, 0.1) is 6.92 Å². The molecule has 2 N–H and O–H groups in total. The number of aryl methyl sites for hydroxylation is 1. The van der Waals surface area contributed by atoms with Gasteiger partial charge in [-0.3, -0.25) is 4.79 Å². The third-order valence-corrected chi connectivity index (χ3v) is 3.92. The summed E-state index contributed by atoms with van der Waals surface area (Å²) in [5, 5.41) is 16.6. The Kier molecular flexibility index (Phi) is 3.56. The first-order valence-corrected chi connectivity index (χ1v) is 6.82. The number of hydrogen-bond acceptors (Lipinski definition) is 6. The van der Waals surface area contributed by atoms with E-state index in [1.165, 1.54) is 17.0 Å². The summed E-state index contributed by atoms with van der Waals surface area (Å²) >= 11 is 0. The van der Waals surface area contributed by atoms with Gasteiger partial charge in [0.25, 0.3) is 11.7 Å². The highest BCUT2D eigenvalue weighted by molar-refractivity contribution is 5.95. The zero-order valence-electron chi connectivity index (χ0n) is 11.7. The lowest BCUT2D eigenvalue weighted by molar-refractivity contribution is 0.0125. The van der Waals surface area contributed by atoms with Crippen molar-refractivity contribution in [1.82, 2.24) is 24.9 Å². The van der Waals surface area contributed by atoms with Gasteiger partial charge in [0, 0.05) is 19.4 Å². The van der Waals surface area contributed by atoms with E-state index < -0.39 is 5.54 Å². The second-order valence-electron chi connectivity index (χ2n) is 5.23. The van der Waals surface area contributed by atoms with Gasteiger partial charge in [-0.05, 0) is 19.8 Å². The van der Waals surface area contributed by atoms with E-state index in [2.05, 4.69) is 20.4 Å². The van der Waals surface area contributed by atoms with E-state index in [0.717, 1.165) is 0 Å². The molecule has 1 saturated heterocycles. The Labute approximate surface area is 121 Å². The third-order valence-electron chi connectivity index (χ3n) is 3.92. The zero-order valence-corrected chi connectivity index (χ0v) is 11.7. The van der Waals surface area contributed by atoms with Gasteiger partial charge in [0.1, 0.15) is 6.33 Å². The number of hydrogen-bond donors (Lipinski definition) is 2. The second kappa shape index (κ2) is 5.38. The molecule has 2 aromatic rings. The molecule has 1 amide bonds. The Balaban J connectivity index is 1.87. The molecule has 0 saturated carbocycles. The molecule has 3 heterocycles. The minimum Gasteiger partial charge on any atom is -0.394 e. The summed E-state index contributed by atoms with van der Waals surface area (Å²) in [4.78, 5) is 20.6. The lowest BCUT2D eigenvalue weighted by atomic mass is 9.90. The average Bonchev–Trinajstić information content (AvgIpc) is 2.98. The Bertz CT molecular complexity index is 663. The van der Waals surface area contributed by atoms with Crippen LogP contribution in [0.1, 0.15) is 28.9 Å². The molecular weight excluding hydrogens is 274 g/mol. The highest BCUT2D eigenvalue weighted by Crippen LogP contribution is 2.21. The smallest absolute Gasteiger partial charge is 0.255 e. The fourth-order valence-electron chi connectivity index (χ4n) is 2.51. The number of nitrogens with one attached hydrogen (secondary N) is 1. The number of nitrogens with zero attached hydrogens (tertiary/aromatic N) is 4. The Morgan fingerprint density at radius 3 is 2.95 bits per heavy atom. The third kappa shape index (κ3) is 2.47. The Morgan fingerprint density at radius 1 is 1.48 bits per heavy atom. The molecule has 0 unspecified atom stereocenters. The molecule has 21 heavy (non-hydrogen) atoms. The van der Waals surface area contributed by atoms with Gasteiger partial charge < -0.3 is 15.2 Å². The summed E-state index contributed by atoms with van der Waals surface area (Å²) in [5.41, 5.74) is 0.460. The van der Waals surface area contributed by atoms with Crippen molar-refractivity contribution in [1.29, 1.82) is 0 Å². The van der Waals surface area contributed by atoms with Crippen LogP contribution in [0.4, 0.5) is 0 Å². The van der Waals surface area contributed by atoms with Crippen molar-refractivity contribution in [2.45, 2.75) is 25.3 Å². The maximum absolute atomic E-state index is 12.5. The number of carbonyl (C=O) groups is 1. The maximum Gasteiger partial charge on any atom is 0.255 e. The first kappa shape index (κ1) is 13.9. The van der Waals surface area contributed by atoms with E-state index in [1.54, 1.807) is 6.92 Å². The Morgan fingerprint density at radius 2 is 2.24 bits per heavy atom. The van der Waals surface area contributed by atoms with E-state index in [4.69, 9.17) is 4.74 Å². The largest absolute Gasteiger partial charge is 0.394 e. The first-order chi connectivity index (χ1) is 10.2. The quantitative estimate of drug-likeness (QED) is 0.805. The number of fused-ring (bicyclic) bond motifs is 1. The molecule has 8 heteroatoms. The van der Waals surface area contributed by atoms with Crippen molar-refractivity contribution in [3.05, 3.63) is 23.8 Å². The molecule has 2 aromatic heterocycles. The van der Waals surface area contributed by atoms with Crippen molar-refractivity contribution < 1.29 is 14.6 Å². The van der Waals surface area contributed by atoms with Crippen molar-refractivity contribution in [2.24, 2.45) is 0 Å². The van der Waals surface area contributed by atoms with Gasteiger partial charge in [-0.1, -0.05) is 0 Å². The van der Waals surface area contributed by atoms with E-state index in [-0.39, 0.29) is 12.5 Å². The summed E-state index contributed by atoms with van der Waals surface area (Å²) in [6.45, 7) is 2.73. The lowest BCUT2D eigenvalue weighted by Crippen LogP contribution is -2.54. The molecule has 0 radical (unpaired) electrons. The van der Waals surface area contributed by atoms with Crippen LogP contribution in [-0.4, -0.2) is 56.0 Å². The monoisotopic (exact) mass is 291 g/mol. The highest BCUT2D eigenvalue weighted by atomic mass is 16.5. The lowest BCUT2D eigenvalue weighted by Gasteiger charge is -2.36. The van der Waals surface area contributed by atoms with Gasteiger partial charge >= 0.3 is 0 Å². The topological polar surface area (TPSA) is 102 Å². The van der Waals surface area contributed by atoms with Crippen molar-refractivity contribution >= 4 is 11.7 Å². The minimum absolute atomic E-state index is 0.111. The molecule has 0 aliphatic carbocycles. The van der Waals surface area contributed by atoms with Crippen LogP contribution in [0.5, 0.6) is 0 Å². The van der Waals surface area contributed by atoms with E-state index in [1.807, 2.05) is 0 Å². The summed E-state index contributed by atoms with van der Waals surface area (Å²) < 4.78 is 6.81. The van der Waals surface area contributed by atoms with Crippen molar-refractivity contribution in [3.63, 3.8) is 0 Å². The molecule has 112 valence electrons. The van der Waals surface area contributed by atoms with E-state index in [0.29, 0.717) is 43.1 Å². The van der Waals surface area contributed by atoms with Crippen molar-refractivity contribution in [2.75, 3.05) is 19.8 Å². The second-order valence-corrected chi connectivity index (χ2v) is 5.23. The zero-order chi connectivity index (χ0) is 14.9. The molecule has 3 rings (SSSR count). The highest BCUT2D eigenvalue weighted by Gasteiger charge is 2.34. The molecule has 1 fully saturated rings. The molecule has 0 bridgehead atoms. The van der Waals surface area contributed by atoms with Crippen LogP contribution in [-0.2, 0) is 4.74 Å². The molecule has 0 atom stereocenters. The number of rotatable bonds is 3. The normalized spacial score (nSPS) is 17.8. The van der Waals surface area contributed by atoms with Gasteiger partial charge in [-0.15, -0.1) is 0 Å². The van der Waals surface area contributed by atoms with E-state index in [9.17, 15) is 9.90 Å². The van der Waals surface area contributed by atoms with Gasteiger partial charge in [0.05, 0.1) is 23.4 Å². The van der Waals surface area contributed by atoms with Gasteiger partial charge in [0.2, 0.25) is 0 Å². The first-order valence-electron chi connectivity index (χ1n) is 6.82. The predicted octanol–water partition coefficient (Wildman–Crippen LogP) is -0.296. The molecule has 0 spiro atoms. The summed E-state index contributed by atoms with van der Waals surface area (Å²) in [5.74, 6) is 0.181. The fraction of sp³-hybridized carbons (Fsp3) is 0.538. The molecular formula is C13H17N5O3. The van der Waals surface area contributed by atoms with Crippen LogP contribution in [0.3, 0.4) is 0 Å².